The molecule has 6 heterocycles. The van der Waals surface area contributed by atoms with Gasteiger partial charge in [-0.1, -0.05) is 61.7 Å². The van der Waals surface area contributed by atoms with Gasteiger partial charge in [0.25, 0.3) is 5.56 Å². The minimum atomic E-state index is -0.329. The molecule has 2 fully saturated rings. The van der Waals surface area contributed by atoms with Crippen LogP contribution in [0.15, 0.2) is 140 Å². The van der Waals surface area contributed by atoms with E-state index in [-0.39, 0.29) is 29.4 Å². The Bertz CT molecular complexity index is 3630. The summed E-state index contributed by atoms with van der Waals surface area (Å²) in [6.45, 7) is 14.8. The summed E-state index contributed by atoms with van der Waals surface area (Å²) in [6, 6.07) is 29.1. The van der Waals surface area contributed by atoms with Crippen LogP contribution in [0.4, 0.5) is 40.3 Å². The van der Waals surface area contributed by atoms with E-state index in [0.29, 0.717) is 76.4 Å². The van der Waals surface area contributed by atoms with Crippen LogP contribution in [0.5, 0.6) is 11.5 Å². The Morgan fingerprint density at radius 1 is 0.775 bits per heavy atom. The first-order chi connectivity index (χ1) is 38.9. The van der Waals surface area contributed by atoms with Gasteiger partial charge in [-0.25, -0.2) is 19.9 Å². The number of benzene rings is 4. The lowest BCUT2D eigenvalue weighted by Gasteiger charge is -2.36. The van der Waals surface area contributed by atoms with Crippen molar-refractivity contribution >= 4 is 74.2 Å². The molecule has 10 rings (SSSR count). The van der Waals surface area contributed by atoms with Crippen molar-refractivity contribution in [1.29, 1.82) is 0 Å². The third-order valence-electron chi connectivity index (χ3n) is 14.8. The maximum atomic E-state index is 14.4. The number of carbonyl (C=O) groups excluding carboxylic acids is 2. The molecule has 0 aliphatic carbocycles. The number of amides is 2. The number of nitrogens with one attached hydrogen (secondary N) is 3. The molecule has 4 aromatic heterocycles. The molecule has 0 spiro atoms. The van der Waals surface area contributed by atoms with Crippen LogP contribution in [-0.2, 0) is 16.1 Å². The zero-order valence-corrected chi connectivity index (χ0v) is 45.9. The third-order valence-corrected chi connectivity index (χ3v) is 14.8. The van der Waals surface area contributed by atoms with Crippen molar-refractivity contribution in [1.82, 2.24) is 48.8 Å². The smallest absolute Gasteiger partial charge is 0.279 e. The highest BCUT2D eigenvalue weighted by molar-refractivity contribution is 6.02. The first-order valence-corrected chi connectivity index (χ1v) is 26.8. The Labute approximate surface area is 465 Å². The number of hydrogen-bond acceptors (Lipinski definition) is 16. The van der Waals surface area contributed by atoms with Gasteiger partial charge in [0.05, 0.1) is 54.9 Å². The van der Waals surface area contributed by atoms with Crippen LogP contribution in [-0.4, -0.2) is 155 Å². The van der Waals surface area contributed by atoms with Crippen LogP contribution in [0.1, 0.15) is 18.9 Å². The zero-order chi connectivity index (χ0) is 55.9. The maximum Gasteiger partial charge on any atom is 0.279 e. The van der Waals surface area contributed by atoms with Gasteiger partial charge in [-0.15, -0.1) is 0 Å². The van der Waals surface area contributed by atoms with E-state index in [4.69, 9.17) is 24.4 Å². The van der Waals surface area contributed by atoms with Gasteiger partial charge in [0, 0.05) is 125 Å². The van der Waals surface area contributed by atoms with Gasteiger partial charge in [0.15, 0.2) is 5.65 Å². The van der Waals surface area contributed by atoms with Gasteiger partial charge in [-0.3, -0.25) is 23.9 Å². The third kappa shape index (κ3) is 11.8. The van der Waals surface area contributed by atoms with Crippen LogP contribution < -0.4 is 40.8 Å². The molecule has 8 aromatic rings. The van der Waals surface area contributed by atoms with Crippen molar-refractivity contribution in [2.45, 2.75) is 25.4 Å². The minimum Gasteiger partial charge on any atom is -0.494 e. The van der Waals surface area contributed by atoms with Crippen LogP contribution in [0.25, 0.3) is 44.6 Å². The molecule has 20 heteroatoms. The number of ether oxygens (including phenoxy) is 2. The predicted octanol–water partition coefficient (Wildman–Crippen LogP) is 8.06. The lowest BCUT2D eigenvalue weighted by atomic mass is 10.0. The molecule has 0 saturated carbocycles. The fourth-order valence-corrected chi connectivity index (χ4v) is 10.5. The average Bonchev–Trinajstić information content (AvgIpc) is 4.02. The number of hydrogen-bond donors (Lipinski definition) is 3. The monoisotopic (exact) mass is 1080 g/mol. The summed E-state index contributed by atoms with van der Waals surface area (Å²) in [7, 11) is 9.27. The quantitative estimate of drug-likeness (QED) is 0.0620. The molecule has 20 nitrogen and oxygen atoms in total. The van der Waals surface area contributed by atoms with Crippen LogP contribution in [0, 0.1) is 0 Å². The number of likely N-dealkylation sites (tertiary alicyclic amines) is 1. The van der Waals surface area contributed by atoms with E-state index < -0.39 is 0 Å². The highest BCUT2D eigenvalue weighted by Crippen LogP contribution is 2.39. The summed E-state index contributed by atoms with van der Waals surface area (Å²) >= 11 is 0. The van der Waals surface area contributed by atoms with E-state index in [1.54, 1.807) is 36.1 Å². The van der Waals surface area contributed by atoms with E-state index in [0.717, 1.165) is 92.3 Å². The molecule has 1 atom stereocenters. The Morgan fingerprint density at radius 2 is 1.52 bits per heavy atom. The van der Waals surface area contributed by atoms with Gasteiger partial charge in [-0.2, -0.15) is 4.98 Å². The zero-order valence-electron chi connectivity index (χ0n) is 45.9. The number of para-hydroxylation sites is 1. The van der Waals surface area contributed by atoms with Crippen LogP contribution in [0.3, 0.4) is 0 Å². The number of methoxy groups -OCH3 is 2. The first-order valence-electron chi connectivity index (χ1n) is 26.8. The minimum absolute atomic E-state index is 0.171. The SMILES string of the molecule is C=CC(=O)Nc1cc(Nc2nccc(-c3cn(CCN4CCN(c5ccc(Nc6ncc7nc(-c8ccccc8)c(=O)n(C8CCCN(C(=O)C=C)C8)c7n6)c(OC)c5)CC4)c4ccccc34)n2)c(OC)cc1N(C)CCN(C)C. The molecule has 2 aliphatic rings. The summed E-state index contributed by atoms with van der Waals surface area (Å²) in [5.41, 5.74) is 8.11. The molecule has 2 saturated heterocycles. The van der Waals surface area contributed by atoms with Crippen molar-refractivity contribution in [2.24, 2.45) is 0 Å². The number of piperidine rings is 1. The van der Waals surface area contributed by atoms with E-state index >= 15 is 0 Å². The topological polar surface area (TPSA) is 196 Å². The normalized spacial score (nSPS) is 14.8. The molecular formula is C60H67N15O5. The molecule has 80 heavy (non-hydrogen) atoms. The predicted molar refractivity (Wildman–Crippen MR) is 317 cm³/mol. The standard InChI is InChI=1S/C60H67N15O5/c1-8-54(76)63-47-35-48(53(80-7)36-51(47)70(5)27-26-69(3)4)67-59-61-24-23-45(65-59)44-39-73(50-20-14-13-19-43(44)50)33-30-71-28-31-72(32-29-71)41-21-22-46(52(34-41)79-6)66-60-62-37-49-57(68-60)75(42-18-15-25-74(38-42)55(77)9-2)58(78)56(64-49)40-16-11-10-12-17-40/h8-14,16-17,19-24,34-37,39,42H,1-2,15,18,25-33,38H2,3-7H3,(H,63,76)(H,61,65,67)(H,62,66,68). The number of rotatable bonds is 20. The van der Waals surface area contributed by atoms with Gasteiger partial charge in [0.2, 0.25) is 23.7 Å². The van der Waals surface area contributed by atoms with E-state index in [2.05, 4.69) is 93.7 Å². The number of anilines is 7. The van der Waals surface area contributed by atoms with Gasteiger partial charge >= 0.3 is 0 Å². The van der Waals surface area contributed by atoms with Crippen molar-refractivity contribution in [3.05, 3.63) is 145 Å². The van der Waals surface area contributed by atoms with Gasteiger partial charge in [0.1, 0.15) is 22.7 Å². The van der Waals surface area contributed by atoms with Crippen molar-refractivity contribution in [3.8, 4) is 34.0 Å². The lowest BCUT2D eigenvalue weighted by Crippen LogP contribution is -2.47. The number of aromatic nitrogens is 7. The molecule has 4 aromatic carbocycles. The van der Waals surface area contributed by atoms with E-state index in [1.165, 1.54) is 12.2 Å². The highest BCUT2D eigenvalue weighted by atomic mass is 16.5. The largest absolute Gasteiger partial charge is 0.494 e. The molecule has 3 N–H and O–H groups in total. The lowest BCUT2D eigenvalue weighted by molar-refractivity contribution is -0.127. The molecule has 0 radical (unpaired) electrons. The molecule has 2 aliphatic heterocycles. The summed E-state index contributed by atoms with van der Waals surface area (Å²) in [4.78, 5) is 74.4. The number of piperazine rings is 1. The fourth-order valence-electron chi connectivity index (χ4n) is 10.5. The highest BCUT2D eigenvalue weighted by Gasteiger charge is 2.29. The van der Waals surface area contributed by atoms with Crippen LogP contribution in [0.2, 0.25) is 0 Å². The van der Waals surface area contributed by atoms with Gasteiger partial charge < -0.3 is 49.6 Å². The number of likely N-dealkylation sites (N-methyl/N-ethyl adjacent to an activating group) is 2. The van der Waals surface area contributed by atoms with Crippen molar-refractivity contribution < 1.29 is 19.1 Å². The Balaban J connectivity index is 0.813. The average molecular weight is 1080 g/mol. The fraction of sp³-hybridized carbons (Fsp3) is 0.300. The van der Waals surface area contributed by atoms with E-state index in [1.807, 2.05) is 87.9 Å². The Kier molecular flexibility index (Phi) is 16.4. The Hall–Kier alpha value is -9.14. The maximum absolute atomic E-state index is 14.4. The summed E-state index contributed by atoms with van der Waals surface area (Å²) in [5, 5.41) is 10.8. The second-order valence-electron chi connectivity index (χ2n) is 20.2. The molecule has 412 valence electrons. The first kappa shape index (κ1) is 54.2. The van der Waals surface area contributed by atoms with Crippen molar-refractivity contribution in [2.75, 3.05) is 120 Å². The number of nitrogens with zero attached hydrogens (tertiary/aromatic N) is 12. The molecule has 2 amide bonds. The molecule has 1 unspecified atom stereocenters. The van der Waals surface area contributed by atoms with Gasteiger partial charge in [-0.05, 0) is 69.4 Å². The van der Waals surface area contributed by atoms with E-state index in [9.17, 15) is 14.4 Å². The van der Waals surface area contributed by atoms with Crippen molar-refractivity contribution in [3.63, 3.8) is 0 Å². The number of fused-ring (bicyclic) bond motifs is 2. The Morgan fingerprint density at radius 3 is 2.29 bits per heavy atom. The number of carbonyl (C=O) groups is 2. The second-order valence-corrected chi connectivity index (χ2v) is 20.2. The van der Waals surface area contributed by atoms with Crippen LogP contribution >= 0.6 is 0 Å². The molecule has 0 bridgehead atoms. The second kappa shape index (κ2) is 24.3. The summed E-state index contributed by atoms with van der Waals surface area (Å²) in [5.74, 6) is 1.35. The summed E-state index contributed by atoms with van der Waals surface area (Å²) < 4.78 is 15.8. The summed E-state index contributed by atoms with van der Waals surface area (Å²) in [6.07, 6.45) is 9.53. The molecular weight excluding hydrogens is 1010 g/mol.